The second kappa shape index (κ2) is 4.06. The Kier molecular flexibility index (Phi) is 2.79. The monoisotopic (exact) mass is 225 g/mol. The fraction of sp³-hybridized carbons (Fsp3) is 0.333. The van der Waals surface area contributed by atoms with Crippen LogP contribution in [0.15, 0.2) is 17.5 Å². The highest BCUT2D eigenvalue weighted by atomic mass is 32.1. The van der Waals surface area contributed by atoms with Gasteiger partial charge in [0.05, 0.1) is 6.04 Å². The van der Waals surface area contributed by atoms with Gasteiger partial charge in [-0.15, -0.1) is 21.5 Å². The summed E-state index contributed by atoms with van der Waals surface area (Å²) in [5.74, 6) is 0. The fourth-order valence-corrected chi connectivity index (χ4v) is 2.56. The quantitative estimate of drug-likeness (QED) is 0.872. The first-order valence-electron chi connectivity index (χ1n) is 4.36. The summed E-state index contributed by atoms with van der Waals surface area (Å²) in [7, 11) is 0. The largest absolute Gasteiger partial charge is 0.353 e. The van der Waals surface area contributed by atoms with Crippen LogP contribution in [-0.4, -0.2) is 10.2 Å². The van der Waals surface area contributed by atoms with E-state index in [1.165, 1.54) is 4.88 Å². The number of anilines is 1. The molecule has 0 aliphatic heterocycles. The molecule has 2 aromatic heterocycles. The van der Waals surface area contributed by atoms with E-state index in [2.05, 4.69) is 40.0 Å². The molecule has 3 nitrogen and oxygen atoms in total. The number of aromatic nitrogens is 2. The SMILES string of the molecule is Cc1nnc(NC(C)c2cccs2)s1. The second-order valence-corrected chi connectivity index (χ2v) is 5.17. The van der Waals surface area contributed by atoms with Crippen molar-refractivity contribution >= 4 is 27.8 Å². The molecule has 0 aliphatic rings. The first kappa shape index (κ1) is 9.61. The molecule has 2 rings (SSSR count). The fourth-order valence-electron chi connectivity index (χ4n) is 1.15. The Morgan fingerprint density at radius 1 is 1.43 bits per heavy atom. The Morgan fingerprint density at radius 3 is 2.86 bits per heavy atom. The summed E-state index contributed by atoms with van der Waals surface area (Å²) < 4.78 is 0. The number of aryl methyl sites for hydroxylation is 1. The number of hydrogen-bond acceptors (Lipinski definition) is 5. The summed E-state index contributed by atoms with van der Waals surface area (Å²) >= 11 is 3.34. The molecule has 14 heavy (non-hydrogen) atoms. The molecule has 0 amide bonds. The zero-order valence-electron chi connectivity index (χ0n) is 8.02. The van der Waals surface area contributed by atoms with Crippen LogP contribution in [0.1, 0.15) is 22.9 Å². The van der Waals surface area contributed by atoms with Gasteiger partial charge < -0.3 is 5.32 Å². The summed E-state index contributed by atoms with van der Waals surface area (Å²) in [5, 5.41) is 15.3. The van der Waals surface area contributed by atoms with E-state index in [0.717, 1.165) is 10.1 Å². The van der Waals surface area contributed by atoms with Crippen molar-refractivity contribution in [2.45, 2.75) is 19.9 Å². The van der Waals surface area contributed by atoms with E-state index in [1.807, 2.05) is 6.92 Å². The molecule has 2 heterocycles. The first-order valence-corrected chi connectivity index (χ1v) is 6.05. The zero-order valence-corrected chi connectivity index (χ0v) is 9.65. The lowest BCUT2D eigenvalue weighted by molar-refractivity contribution is 0.892. The van der Waals surface area contributed by atoms with Crippen molar-refractivity contribution in [1.29, 1.82) is 0 Å². The Morgan fingerprint density at radius 2 is 2.29 bits per heavy atom. The van der Waals surface area contributed by atoms with Gasteiger partial charge in [0, 0.05) is 4.88 Å². The maximum Gasteiger partial charge on any atom is 0.206 e. The van der Waals surface area contributed by atoms with Gasteiger partial charge in [-0.25, -0.2) is 0 Å². The Hall–Kier alpha value is -0.940. The number of rotatable bonds is 3. The minimum absolute atomic E-state index is 0.308. The topological polar surface area (TPSA) is 37.8 Å². The van der Waals surface area contributed by atoms with Crippen LogP contribution in [0.25, 0.3) is 0 Å². The van der Waals surface area contributed by atoms with Gasteiger partial charge in [0.2, 0.25) is 5.13 Å². The standard InChI is InChI=1S/C9H11N3S2/c1-6(8-4-3-5-13-8)10-9-12-11-7(2)14-9/h3-6H,1-2H3,(H,10,12). The lowest BCUT2D eigenvalue weighted by Crippen LogP contribution is -2.04. The van der Waals surface area contributed by atoms with Gasteiger partial charge in [-0.05, 0) is 25.3 Å². The lowest BCUT2D eigenvalue weighted by Gasteiger charge is -2.09. The molecule has 2 aromatic rings. The van der Waals surface area contributed by atoms with Crippen molar-refractivity contribution in [2.75, 3.05) is 5.32 Å². The minimum Gasteiger partial charge on any atom is -0.353 e. The van der Waals surface area contributed by atoms with Gasteiger partial charge in [-0.2, -0.15) is 0 Å². The summed E-state index contributed by atoms with van der Waals surface area (Å²) in [5.41, 5.74) is 0. The Bertz CT molecular complexity index is 394. The highest BCUT2D eigenvalue weighted by molar-refractivity contribution is 7.15. The van der Waals surface area contributed by atoms with Gasteiger partial charge in [0.25, 0.3) is 0 Å². The van der Waals surface area contributed by atoms with E-state index >= 15 is 0 Å². The molecule has 0 radical (unpaired) electrons. The predicted octanol–water partition coefficient (Wildman–Crippen LogP) is 3.08. The van der Waals surface area contributed by atoms with E-state index in [1.54, 1.807) is 22.7 Å². The van der Waals surface area contributed by atoms with E-state index < -0.39 is 0 Å². The highest BCUT2D eigenvalue weighted by Gasteiger charge is 2.08. The average molecular weight is 225 g/mol. The summed E-state index contributed by atoms with van der Waals surface area (Å²) in [6, 6.07) is 4.49. The molecule has 0 fully saturated rings. The normalized spacial score (nSPS) is 12.7. The van der Waals surface area contributed by atoms with Crippen molar-refractivity contribution in [2.24, 2.45) is 0 Å². The molecule has 0 aromatic carbocycles. The summed E-state index contributed by atoms with van der Waals surface area (Å²) in [4.78, 5) is 1.32. The van der Waals surface area contributed by atoms with Crippen LogP contribution in [0.4, 0.5) is 5.13 Å². The third kappa shape index (κ3) is 2.10. The van der Waals surface area contributed by atoms with Crippen LogP contribution in [0.2, 0.25) is 0 Å². The Labute approximate surface area is 90.8 Å². The van der Waals surface area contributed by atoms with Gasteiger partial charge >= 0.3 is 0 Å². The molecular weight excluding hydrogens is 214 g/mol. The Balaban J connectivity index is 2.05. The van der Waals surface area contributed by atoms with E-state index in [-0.39, 0.29) is 0 Å². The molecule has 0 saturated carbocycles. The first-order chi connectivity index (χ1) is 6.75. The van der Waals surface area contributed by atoms with Crippen LogP contribution in [0, 0.1) is 6.92 Å². The van der Waals surface area contributed by atoms with Crippen molar-refractivity contribution in [3.8, 4) is 0 Å². The van der Waals surface area contributed by atoms with Crippen molar-refractivity contribution < 1.29 is 0 Å². The van der Waals surface area contributed by atoms with Gasteiger partial charge in [-0.3, -0.25) is 0 Å². The molecule has 74 valence electrons. The molecule has 0 aliphatic carbocycles. The maximum atomic E-state index is 4.03. The van der Waals surface area contributed by atoms with Gasteiger partial charge in [0.15, 0.2) is 0 Å². The van der Waals surface area contributed by atoms with Crippen molar-refractivity contribution in [3.63, 3.8) is 0 Å². The smallest absolute Gasteiger partial charge is 0.206 e. The predicted molar refractivity (Wildman–Crippen MR) is 61.0 cm³/mol. The maximum absolute atomic E-state index is 4.03. The molecule has 1 N–H and O–H groups in total. The van der Waals surface area contributed by atoms with Crippen LogP contribution in [-0.2, 0) is 0 Å². The third-order valence-electron chi connectivity index (χ3n) is 1.84. The van der Waals surface area contributed by atoms with Crippen LogP contribution < -0.4 is 5.32 Å². The van der Waals surface area contributed by atoms with Crippen LogP contribution >= 0.6 is 22.7 Å². The average Bonchev–Trinajstić information content (AvgIpc) is 2.75. The molecular formula is C9H11N3S2. The molecule has 0 saturated heterocycles. The van der Waals surface area contributed by atoms with Gasteiger partial charge in [0.1, 0.15) is 5.01 Å². The lowest BCUT2D eigenvalue weighted by atomic mass is 10.3. The molecule has 1 unspecified atom stereocenters. The number of nitrogens with zero attached hydrogens (tertiary/aromatic N) is 2. The molecule has 5 heteroatoms. The number of hydrogen-bond donors (Lipinski definition) is 1. The molecule has 0 spiro atoms. The van der Waals surface area contributed by atoms with E-state index in [4.69, 9.17) is 0 Å². The van der Waals surface area contributed by atoms with E-state index in [0.29, 0.717) is 6.04 Å². The van der Waals surface area contributed by atoms with Crippen LogP contribution in [0.5, 0.6) is 0 Å². The zero-order chi connectivity index (χ0) is 9.97. The minimum atomic E-state index is 0.308. The van der Waals surface area contributed by atoms with Crippen LogP contribution in [0.3, 0.4) is 0 Å². The third-order valence-corrected chi connectivity index (χ3v) is 3.66. The second-order valence-electron chi connectivity index (χ2n) is 3.01. The number of thiophene rings is 1. The van der Waals surface area contributed by atoms with E-state index in [9.17, 15) is 0 Å². The molecule has 0 bridgehead atoms. The summed E-state index contributed by atoms with van der Waals surface area (Å²) in [6.07, 6.45) is 0. The van der Waals surface area contributed by atoms with Crippen molar-refractivity contribution in [3.05, 3.63) is 27.4 Å². The molecule has 1 atom stereocenters. The number of nitrogens with one attached hydrogen (secondary N) is 1. The van der Waals surface area contributed by atoms with Gasteiger partial charge in [-0.1, -0.05) is 17.4 Å². The van der Waals surface area contributed by atoms with Crippen molar-refractivity contribution in [1.82, 2.24) is 10.2 Å². The summed E-state index contributed by atoms with van der Waals surface area (Å²) in [6.45, 7) is 4.08. The highest BCUT2D eigenvalue weighted by Crippen LogP contribution is 2.24.